The zero-order chi connectivity index (χ0) is 13.3. The third-order valence-corrected chi connectivity index (χ3v) is 3.63. The molecule has 0 radical (unpaired) electrons. The van der Waals surface area contributed by atoms with Gasteiger partial charge in [0.25, 0.3) is 0 Å². The Morgan fingerprint density at radius 3 is 2.35 bits per heavy atom. The Labute approximate surface area is 108 Å². The van der Waals surface area contributed by atoms with Crippen molar-refractivity contribution < 1.29 is 4.74 Å². The first kappa shape index (κ1) is 16.9. The van der Waals surface area contributed by atoms with E-state index in [2.05, 4.69) is 45.0 Å². The summed E-state index contributed by atoms with van der Waals surface area (Å²) < 4.78 is 5.21. The minimum Gasteiger partial charge on any atom is -0.383 e. The molecule has 0 amide bonds. The van der Waals surface area contributed by atoms with Crippen molar-refractivity contribution >= 4 is 0 Å². The van der Waals surface area contributed by atoms with Crippen molar-refractivity contribution in [1.29, 1.82) is 0 Å². The number of nitrogens with zero attached hydrogens (tertiary/aromatic N) is 1. The molecule has 0 aliphatic carbocycles. The van der Waals surface area contributed by atoms with Gasteiger partial charge in [-0.15, -0.1) is 0 Å². The Morgan fingerprint density at radius 2 is 1.88 bits per heavy atom. The Kier molecular flexibility index (Phi) is 9.79. The molecule has 0 rings (SSSR count). The molecule has 3 atom stereocenters. The molecule has 0 saturated carbocycles. The van der Waals surface area contributed by atoms with Gasteiger partial charge < -0.3 is 10.1 Å². The fraction of sp³-hybridized carbons (Fsp3) is 1.00. The molecule has 0 spiro atoms. The van der Waals surface area contributed by atoms with Crippen molar-refractivity contribution in [2.45, 2.75) is 52.6 Å². The van der Waals surface area contributed by atoms with E-state index < -0.39 is 0 Å². The molecule has 1 N–H and O–H groups in total. The first-order valence-corrected chi connectivity index (χ1v) is 6.99. The molecule has 0 saturated heterocycles. The highest BCUT2D eigenvalue weighted by Gasteiger charge is 2.19. The maximum atomic E-state index is 5.21. The summed E-state index contributed by atoms with van der Waals surface area (Å²) in [5.74, 6) is 0.721. The van der Waals surface area contributed by atoms with Crippen LogP contribution in [0.2, 0.25) is 0 Å². The van der Waals surface area contributed by atoms with E-state index in [1.165, 1.54) is 12.8 Å². The third-order valence-electron chi connectivity index (χ3n) is 3.63. The SMILES string of the molecule is CCCNC(CN(C)C(C)COC)C(C)CC. The van der Waals surface area contributed by atoms with Gasteiger partial charge in [0.1, 0.15) is 0 Å². The fourth-order valence-electron chi connectivity index (χ4n) is 1.92. The minimum absolute atomic E-state index is 0.481. The summed E-state index contributed by atoms with van der Waals surface area (Å²) in [5.41, 5.74) is 0. The molecular weight excluding hydrogens is 212 g/mol. The van der Waals surface area contributed by atoms with Crippen LogP contribution in [0.15, 0.2) is 0 Å². The summed E-state index contributed by atoms with van der Waals surface area (Å²) in [5, 5.41) is 3.67. The quantitative estimate of drug-likeness (QED) is 0.638. The summed E-state index contributed by atoms with van der Waals surface area (Å²) in [6.07, 6.45) is 2.43. The van der Waals surface area contributed by atoms with Crippen LogP contribution in [0.3, 0.4) is 0 Å². The number of hydrogen-bond acceptors (Lipinski definition) is 3. The predicted octanol–water partition coefficient (Wildman–Crippen LogP) is 2.37. The van der Waals surface area contributed by atoms with Crippen molar-refractivity contribution in [2.24, 2.45) is 5.92 Å². The predicted molar refractivity (Wildman–Crippen MR) is 75.5 cm³/mol. The number of methoxy groups -OCH3 is 1. The van der Waals surface area contributed by atoms with Crippen LogP contribution in [0.25, 0.3) is 0 Å². The highest BCUT2D eigenvalue weighted by Crippen LogP contribution is 2.10. The fourth-order valence-corrected chi connectivity index (χ4v) is 1.92. The first-order valence-electron chi connectivity index (χ1n) is 6.99. The van der Waals surface area contributed by atoms with Crippen LogP contribution in [0.4, 0.5) is 0 Å². The number of nitrogens with one attached hydrogen (secondary N) is 1. The molecule has 104 valence electrons. The van der Waals surface area contributed by atoms with E-state index >= 15 is 0 Å². The lowest BCUT2D eigenvalue weighted by Crippen LogP contribution is -2.47. The monoisotopic (exact) mass is 244 g/mol. The van der Waals surface area contributed by atoms with Crippen molar-refractivity contribution in [3.8, 4) is 0 Å². The normalized spacial score (nSPS) is 17.1. The van der Waals surface area contributed by atoms with E-state index in [0.717, 1.165) is 25.6 Å². The van der Waals surface area contributed by atoms with E-state index in [0.29, 0.717) is 12.1 Å². The lowest BCUT2D eigenvalue weighted by atomic mass is 9.98. The van der Waals surface area contributed by atoms with E-state index in [1.807, 2.05) is 0 Å². The second-order valence-corrected chi connectivity index (χ2v) is 5.19. The summed E-state index contributed by atoms with van der Waals surface area (Å²) in [6.45, 7) is 12.1. The number of likely N-dealkylation sites (N-methyl/N-ethyl adjacent to an activating group) is 1. The van der Waals surface area contributed by atoms with Crippen LogP contribution < -0.4 is 5.32 Å². The molecular formula is C14H32N2O. The molecule has 0 aromatic carbocycles. The number of hydrogen-bond donors (Lipinski definition) is 1. The van der Waals surface area contributed by atoms with Gasteiger partial charge in [0.05, 0.1) is 6.61 Å². The molecule has 3 heteroatoms. The molecule has 0 aliphatic rings. The smallest absolute Gasteiger partial charge is 0.0615 e. The van der Waals surface area contributed by atoms with Gasteiger partial charge in [-0.1, -0.05) is 27.2 Å². The van der Waals surface area contributed by atoms with Gasteiger partial charge in [0.15, 0.2) is 0 Å². The van der Waals surface area contributed by atoms with Crippen LogP contribution >= 0.6 is 0 Å². The van der Waals surface area contributed by atoms with Gasteiger partial charge in [-0.25, -0.2) is 0 Å². The molecule has 17 heavy (non-hydrogen) atoms. The molecule has 0 aromatic rings. The lowest BCUT2D eigenvalue weighted by Gasteiger charge is -2.32. The summed E-state index contributed by atoms with van der Waals surface area (Å²) in [6, 6.07) is 1.07. The van der Waals surface area contributed by atoms with Crippen LogP contribution in [0.1, 0.15) is 40.5 Å². The average molecular weight is 244 g/mol. The molecule has 3 unspecified atom stereocenters. The van der Waals surface area contributed by atoms with Gasteiger partial charge in [-0.2, -0.15) is 0 Å². The first-order chi connectivity index (χ1) is 8.06. The van der Waals surface area contributed by atoms with Crippen LogP contribution in [0, 0.1) is 5.92 Å². The van der Waals surface area contributed by atoms with E-state index in [9.17, 15) is 0 Å². The van der Waals surface area contributed by atoms with Crippen LogP contribution in [0.5, 0.6) is 0 Å². The van der Waals surface area contributed by atoms with Crippen molar-refractivity contribution in [2.75, 3.05) is 33.9 Å². The Balaban J connectivity index is 4.20. The van der Waals surface area contributed by atoms with Crippen LogP contribution in [-0.2, 0) is 4.74 Å². The van der Waals surface area contributed by atoms with Gasteiger partial charge in [0, 0.05) is 25.7 Å². The third kappa shape index (κ3) is 7.02. The van der Waals surface area contributed by atoms with Crippen molar-refractivity contribution in [3.05, 3.63) is 0 Å². The highest BCUT2D eigenvalue weighted by atomic mass is 16.5. The topological polar surface area (TPSA) is 24.5 Å². The largest absolute Gasteiger partial charge is 0.383 e. The molecule has 3 nitrogen and oxygen atoms in total. The van der Waals surface area contributed by atoms with Gasteiger partial charge >= 0.3 is 0 Å². The maximum Gasteiger partial charge on any atom is 0.0615 e. The van der Waals surface area contributed by atoms with Crippen molar-refractivity contribution in [1.82, 2.24) is 10.2 Å². The second kappa shape index (κ2) is 9.86. The maximum absolute atomic E-state index is 5.21. The highest BCUT2D eigenvalue weighted by molar-refractivity contribution is 4.77. The Bertz CT molecular complexity index is 176. The number of ether oxygens (including phenoxy) is 1. The summed E-state index contributed by atoms with van der Waals surface area (Å²) in [4.78, 5) is 2.39. The van der Waals surface area contributed by atoms with E-state index in [1.54, 1.807) is 7.11 Å². The molecule has 0 heterocycles. The summed E-state index contributed by atoms with van der Waals surface area (Å²) >= 11 is 0. The van der Waals surface area contributed by atoms with Gasteiger partial charge in [-0.05, 0) is 32.9 Å². The standard InChI is InChI=1S/C14H32N2O/c1-7-9-15-14(12(3)8-2)10-16(5)13(4)11-17-6/h12-15H,7-11H2,1-6H3. The minimum atomic E-state index is 0.481. The molecule has 0 fully saturated rings. The molecule has 0 bridgehead atoms. The van der Waals surface area contributed by atoms with Crippen molar-refractivity contribution in [3.63, 3.8) is 0 Å². The van der Waals surface area contributed by atoms with E-state index in [-0.39, 0.29) is 0 Å². The Morgan fingerprint density at radius 1 is 1.24 bits per heavy atom. The summed E-state index contributed by atoms with van der Waals surface area (Å²) in [7, 11) is 3.96. The Hall–Kier alpha value is -0.120. The zero-order valence-corrected chi connectivity index (χ0v) is 12.6. The average Bonchev–Trinajstić information content (AvgIpc) is 2.33. The second-order valence-electron chi connectivity index (χ2n) is 5.19. The number of rotatable bonds is 10. The van der Waals surface area contributed by atoms with Gasteiger partial charge in [0.2, 0.25) is 0 Å². The molecule has 0 aromatic heterocycles. The molecule has 0 aliphatic heterocycles. The van der Waals surface area contributed by atoms with Crippen LogP contribution in [-0.4, -0.2) is 50.8 Å². The van der Waals surface area contributed by atoms with Gasteiger partial charge in [-0.3, -0.25) is 4.90 Å². The van der Waals surface area contributed by atoms with E-state index in [4.69, 9.17) is 4.74 Å². The zero-order valence-electron chi connectivity index (χ0n) is 12.6. The lowest BCUT2D eigenvalue weighted by molar-refractivity contribution is 0.104.